The van der Waals surface area contributed by atoms with Crippen LogP contribution in [0, 0.1) is 5.92 Å². The van der Waals surface area contributed by atoms with Gasteiger partial charge >= 0.3 is 0 Å². The molecule has 0 bridgehead atoms. The molecule has 1 aliphatic heterocycles. The fourth-order valence-corrected chi connectivity index (χ4v) is 4.23. The molecule has 6 nitrogen and oxygen atoms in total. The van der Waals surface area contributed by atoms with E-state index >= 15 is 0 Å². The molecular weight excluding hydrogens is 292 g/mol. The largest absolute Gasteiger partial charge is 0.497 e. The maximum Gasteiger partial charge on any atom is 0.243 e. The zero-order valence-electron chi connectivity index (χ0n) is 12.2. The van der Waals surface area contributed by atoms with Crippen LogP contribution >= 0.6 is 0 Å². The zero-order valence-corrected chi connectivity index (χ0v) is 13.0. The van der Waals surface area contributed by atoms with Gasteiger partial charge in [-0.2, -0.15) is 4.31 Å². The highest BCUT2D eigenvalue weighted by Gasteiger charge is 2.36. The number of amides is 1. The minimum Gasteiger partial charge on any atom is -0.497 e. The number of nitrogens with two attached hydrogens (primary N) is 1. The second-order valence-electron chi connectivity index (χ2n) is 5.28. The molecule has 1 aromatic carbocycles. The van der Waals surface area contributed by atoms with Gasteiger partial charge in [-0.1, -0.05) is 0 Å². The van der Waals surface area contributed by atoms with Crippen molar-refractivity contribution in [2.75, 3.05) is 13.7 Å². The number of methoxy groups -OCH3 is 1. The number of ether oxygens (including phenoxy) is 1. The summed E-state index contributed by atoms with van der Waals surface area (Å²) in [7, 11) is -2.11. The minimum absolute atomic E-state index is 0.144. The summed E-state index contributed by atoms with van der Waals surface area (Å²) in [6.45, 7) is 1.99. The van der Waals surface area contributed by atoms with E-state index in [0.29, 0.717) is 18.6 Å². The number of carbonyl (C=O) groups is 1. The molecule has 1 heterocycles. The highest BCUT2D eigenvalue weighted by Crippen LogP contribution is 2.28. The third-order valence-corrected chi connectivity index (χ3v) is 5.89. The molecule has 0 saturated carbocycles. The van der Waals surface area contributed by atoms with E-state index in [1.807, 2.05) is 6.92 Å². The Labute approximate surface area is 124 Å². The number of hydrogen-bond acceptors (Lipinski definition) is 4. The molecule has 1 amide bonds. The van der Waals surface area contributed by atoms with Crippen LogP contribution in [0.15, 0.2) is 29.2 Å². The molecule has 0 aliphatic carbocycles. The van der Waals surface area contributed by atoms with E-state index in [0.717, 1.165) is 0 Å². The molecule has 1 fully saturated rings. The first-order valence-electron chi connectivity index (χ1n) is 6.81. The van der Waals surface area contributed by atoms with Crippen LogP contribution in [0.3, 0.4) is 0 Å². The number of hydrogen-bond donors (Lipinski definition) is 1. The van der Waals surface area contributed by atoms with Crippen molar-refractivity contribution in [2.24, 2.45) is 11.7 Å². The third kappa shape index (κ3) is 3.19. The van der Waals surface area contributed by atoms with E-state index in [2.05, 4.69) is 0 Å². The summed E-state index contributed by atoms with van der Waals surface area (Å²) in [5, 5.41) is 0. The first-order chi connectivity index (χ1) is 9.86. The molecule has 1 aromatic rings. The smallest absolute Gasteiger partial charge is 0.243 e. The second-order valence-corrected chi connectivity index (χ2v) is 7.17. The maximum absolute atomic E-state index is 12.7. The van der Waals surface area contributed by atoms with Crippen LogP contribution in [0.2, 0.25) is 0 Å². The molecule has 2 unspecified atom stereocenters. The van der Waals surface area contributed by atoms with Crippen LogP contribution in [-0.2, 0) is 14.8 Å². The average molecular weight is 312 g/mol. The molecular formula is C14H20N2O4S. The van der Waals surface area contributed by atoms with Gasteiger partial charge in [0.15, 0.2) is 0 Å². The van der Waals surface area contributed by atoms with Crippen molar-refractivity contribution < 1.29 is 17.9 Å². The first kappa shape index (κ1) is 15.8. The number of carbonyl (C=O) groups excluding carboxylic acids is 1. The van der Waals surface area contributed by atoms with Crippen molar-refractivity contribution in [1.82, 2.24) is 4.31 Å². The van der Waals surface area contributed by atoms with Gasteiger partial charge < -0.3 is 10.5 Å². The fourth-order valence-electron chi connectivity index (χ4n) is 2.53. The number of benzene rings is 1. The van der Waals surface area contributed by atoms with Crippen molar-refractivity contribution in [1.29, 1.82) is 0 Å². The Bertz CT molecular complexity index is 612. The van der Waals surface area contributed by atoms with Crippen LogP contribution in [0.4, 0.5) is 0 Å². The molecule has 2 rings (SSSR count). The van der Waals surface area contributed by atoms with Gasteiger partial charge in [0.25, 0.3) is 0 Å². The van der Waals surface area contributed by atoms with Gasteiger partial charge in [0.1, 0.15) is 5.75 Å². The standard InChI is InChI=1S/C14H20N2O4S/c1-10-3-4-11(14(15)17)9-16(10)21(18,19)13-7-5-12(20-2)6-8-13/h5-8,10-11H,3-4,9H2,1-2H3,(H2,15,17). The summed E-state index contributed by atoms with van der Waals surface area (Å²) in [6.07, 6.45) is 1.26. The topological polar surface area (TPSA) is 89.7 Å². The highest BCUT2D eigenvalue weighted by molar-refractivity contribution is 7.89. The average Bonchev–Trinajstić information content (AvgIpc) is 2.47. The molecule has 0 spiro atoms. The van der Waals surface area contributed by atoms with Crippen LogP contribution < -0.4 is 10.5 Å². The van der Waals surface area contributed by atoms with Crippen LogP contribution in [0.1, 0.15) is 19.8 Å². The highest BCUT2D eigenvalue weighted by atomic mass is 32.2. The van der Waals surface area contributed by atoms with E-state index in [-0.39, 0.29) is 17.5 Å². The molecule has 116 valence electrons. The third-order valence-electron chi connectivity index (χ3n) is 3.89. The van der Waals surface area contributed by atoms with E-state index in [4.69, 9.17) is 10.5 Å². The lowest BCUT2D eigenvalue weighted by Crippen LogP contribution is -2.48. The summed E-state index contributed by atoms with van der Waals surface area (Å²) in [5.74, 6) is -0.276. The molecule has 7 heteroatoms. The van der Waals surface area contributed by atoms with E-state index in [9.17, 15) is 13.2 Å². The van der Waals surface area contributed by atoms with Crippen molar-refractivity contribution in [3.8, 4) is 5.75 Å². The molecule has 2 atom stereocenters. The monoisotopic (exact) mass is 312 g/mol. The molecule has 21 heavy (non-hydrogen) atoms. The lowest BCUT2D eigenvalue weighted by molar-refractivity contribution is -0.123. The SMILES string of the molecule is COc1ccc(S(=O)(=O)N2CC(C(N)=O)CCC2C)cc1. The lowest BCUT2D eigenvalue weighted by Gasteiger charge is -2.35. The second kappa shape index (κ2) is 6.03. The van der Waals surface area contributed by atoms with Crippen LogP contribution in [0.25, 0.3) is 0 Å². The van der Waals surface area contributed by atoms with Gasteiger partial charge in [-0.25, -0.2) is 8.42 Å². The van der Waals surface area contributed by atoms with Crippen LogP contribution in [-0.4, -0.2) is 38.3 Å². The Morgan fingerprint density at radius 1 is 1.29 bits per heavy atom. The van der Waals surface area contributed by atoms with Crippen molar-refractivity contribution in [3.63, 3.8) is 0 Å². The quantitative estimate of drug-likeness (QED) is 0.897. The van der Waals surface area contributed by atoms with E-state index in [1.54, 1.807) is 12.1 Å². The van der Waals surface area contributed by atoms with Gasteiger partial charge in [0.2, 0.25) is 15.9 Å². The Hall–Kier alpha value is -1.60. The van der Waals surface area contributed by atoms with E-state index < -0.39 is 21.8 Å². The summed E-state index contributed by atoms with van der Waals surface area (Å²) in [6, 6.07) is 6.08. The Balaban J connectivity index is 2.29. The number of nitrogens with zero attached hydrogens (tertiary/aromatic N) is 1. The van der Waals surface area contributed by atoms with Gasteiger partial charge in [-0.15, -0.1) is 0 Å². The first-order valence-corrected chi connectivity index (χ1v) is 8.25. The molecule has 1 saturated heterocycles. The van der Waals surface area contributed by atoms with Crippen LogP contribution in [0.5, 0.6) is 5.75 Å². The molecule has 0 radical (unpaired) electrons. The number of rotatable bonds is 4. The molecule has 1 aliphatic rings. The van der Waals surface area contributed by atoms with Crippen molar-refractivity contribution in [3.05, 3.63) is 24.3 Å². The Morgan fingerprint density at radius 3 is 2.43 bits per heavy atom. The Morgan fingerprint density at radius 2 is 1.90 bits per heavy atom. The summed E-state index contributed by atoms with van der Waals surface area (Å²) < 4.78 is 31.8. The van der Waals surface area contributed by atoms with Gasteiger partial charge in [-0.3, -0.25) is 4.79 Å². The van der Waals surface area contributed by atoms with Crippen molar-refractivity contribution >= 4 is 15.9 Å². The predicted molar refractivity (Wildman–Crippen MR) is 78.3 cm³/mol. The predicted octanol–water partition coefficient (Wildman–Crippen LogP) is 0.970. The zero-order chi connectivity index (χ0) is 15.6. The summed E-state index contributed by atoms with van der Waals surface area (Å²) >= 11 is 0. The maximum atomic E-state index is 12.7. The van der Waals surface area contributed by atoms with Crippen molar-refractivity contribution in [2.45, 2.75) is 30.7 Å². The minimum atomic E-state index is -3.63. The molecule has 0 aromatic heterocycles. The number of primary amides is 1. The van der Waals surface area contributed by atoms with Gasteiger partial charge in [-0.05, 0) is 44.0 Å². The molecule has 2 N–H and O–H groups in total. The fraction of sp³-hybridized carbons (Fsp3) is 0.500. The van der Waals surface area contributed by atoms with Gasteiger partial charge in [0.05, 0.1) is 17.9 Å². The Kier molecular flexibility index (Phi) is 4.53. The normalized spacial score (nSPS) is 23.7. The number of sulfonamides is 1. The number of piperidine rings is 1. The van der Waals surface area contributed by atoms with E-state index in [1.165, 1.54) is 23.5 Å². The summed E-state index contributed by atoms with van der Waals surface area (Å²) in [4.78, 5) is 11.5. The van der Waals surface area contributed by atoms with Gasteiger partial charge in [0, 0.05) is 12.6 Å². The lowest BCUT2D eigenvalue weighted by atomic mass is 9.95. The summed E-state index contributed by atoms with van der Waals surface area (Å²) in [5.41, 5.74) is 5.32.